The van der Waals surface area contributed by atoms with Gasteiger partial charge < -0.3 is 26.2 Å². The number of alkyl halides is 3. The first-order valence-electron chi connectivity index (χ1n) is 8.52. The molecule has 12 heteroatoms. The first kappa shape index (κ1) is 23.4. The number of halogens is 5. The monoisotopic (exact) mass is 444 g/mol. The first-order chi connectivity index (χ1) is 14.6. The lowest BCUT2D eigenvalue weighted by Crippen LogP contribution is -2.36. The SMILES string of the molecule is NC1=C(O)C=CCN1[C@@H](c1ccc(OC(F)(F)F)c(F)c1)c1ncccc1F.NC=O. The number of aliphatic hydroxyl groups is 1. The molecule has 1 amide bonds. The van der Waals surface area contributed by atoms with Crippen molar-refractivity contribution in [2.24, 2.45) is 11.5 Å². The van der Waals surface area contributed by atoms with Gasteiger partial charge in [0.25, 0.3) is 0 Å². The number of aliphatic hydroxyl groups excluding tert-OH is 1. The average molecular weight is 444 g/mol. The molecule has 31 heavy (non-hydrogen) atoms. The Balaban J connectivity index is 0.00000107. The van der Waals surface area contributed by atoms with Crippen molar-refractivity contribution in [3.8, 4) is 5.75 Å². The molecule has 2 aromatic rings. The van der Waals surface area contributed by atoms with Crippen LogP contribution in [0.2, 0.25) is 0 Å². The zero-order valence-corrected chi connectivity index (χ0v) is 15.7. The second-order valence-corrected chi connectivity index (χ2v) is 5.97. The summed E-state index contributed by atoms with van der Waals surface area (Å²) < 4.78 is 69.4. The Morgan fingerprint density at radius 2 is 1.90 bits per heavy atom. The van der Waals surface area contributed by atoms with Crippen LogP contribution in [0, 0.1) is 11.6 Å². The van der Waals surface area contributed by atoms with E-state index in [2.05, 4.69) is 15.5 Å². The van der Waals surface area contributed by atoms with Gasteiger partial charge in [0, 0.05) is 12.7 Å². The normalized spacial score (nSPS) is 14.5. The van der Waals surface area contributed by atoms with Crippen molar-refractivity contribution in [2.75, 3.05) is 6.54 Å². The maximum Gasteiger partial charge on any atom is 0.573 e. The first-order valence-corrected chi connectivity index (χ1v) is 8.52. The molecule has 2 heterocycles. The summed E-state index contributed by atoms with van der Waals surface area (Å²) in [5.74, 6) is -3.46. The van der Waals surface area contributed by atoms with Crippen LogP contribution >= 0.6 is 0 Å². The number of aromatic nitrogens is 1. The van der Waals surface area contributed by atoms with Crippen LogP contribution in [-0.4, -0.2) is 34.3 Å². The number of pyridine rings is 1. The fraction of sp³-hybridized carbons (Fsp3) is 0.158. The van der Waals surface area contributed by atoms with E-state index in [4.69, 9.17) is 10.5 Å². The molecule has 0 aliphatic carbocycles. The second kappa shape index (κ2) is 9.78. The summed E-state index contributed by atoms with van der Waals surface area (Å²) >= 11 is 0. The fourth-order valence-corrected chi connectivity index (χ4v) is 2.83. The van der Waals surface area contributed by atoms with E-state index < -0.39 is 29.8 Å². The molecule has 1 aromatic carbocycles. The van der Waals surface area contributed by atoms with Crippen LogP contribution in [0.25, 0.3) is 0 Å². The molecule has 1 aromatic heterocycles. The summed E-state index contributed by atoms with van der Waals surface area (Å²) in [6.07, 6.45) is -0.622. The zero-order valence-electron chi connectivity index (χ0n) is 15.7. The lowest BCUT2D eigenvalue weighted by molar-refractivity contribution is -0.275. The van der Waals surface area contributed by atoms with Crippen molar-refractivity contribution in [2.45, 2.75) is 12.4 Å². The molecule has 1 atom stereocenters. The highest BCUT2D eigenvalue weighted by Gasteiger charge is 2.34. The van der Waals surface area contributed by atoms with Gasteiger partial charge in [-0.3, -0.25) is 9.78 Å². The average Bonchev–Trinajstić information content (AvgIpc) is 2.68. The zero-order chi connectivity index (χ0) is 23.2. The number of primary amides is 1. The van der Waals surface area contributed by atoms with Crippen LogP contribution in [0.4, 0.5) is 22.0 Å². The van der Waals surface area contributed by atoms with E-state index in [1.54, 1.807) is 0 Å². The molecular weight excluding hydrogens is 427 g/mol. The third kappa shape index (κ3) is 5.84. The molecule has 3 rings (SSSR count). The maximum absolute atomic E-state index is 14.4. The van der Waals surface area contributed by atoms with E-state index in [0.29, 0.717) is 0 Å². The minimum absolute atomic E-state index is 0.0654. The predicted octanol–water partition coefficient (Wildman–Crippen LogP) is 3.01. The number of ether oxygens (including phenoxy) is 1. The molecule has 0 fully saturated rings. The third-order valence-electron chi connectivity index (χ3n) is 4.00. The summed E-state index contributed by atoms with van der Waals surface area (Å²) in [6, 6.07) is 4.08. The van der Waals surface area contributed by atoms with Crippen molar-refractivity contribution >= 4 is 6.41 Å². The van der Waals surface area contributed by atoms with E-state index in [9.17, 15) is 27.1 Å². The van der Waals surface area contributed by atoms with Crippen molar-refractivity contribution in [1.82, 2.24) is 9.88 Å². The summed E-state index contributed by atoms with van der Waals surface area (Å²) in [6.45, 7) is 0.124. The predicted molar refractivity (Wildman–Crippen MR) is 99.1 cm³/mol. The highest BCUT2D eigenvalue weighted by Crippen LogP contribution is 2.35. The molecule has 0 saturated heterocycles. The van der Waals surface area contributed by atoms with Crippen LogP contribution < -0.4 is 16.2 Å². The number of allylic oxidation sites excluding steroid dienone is 1. The van der Waals surface area contributed by atoms with Crippen LogP contribution in [0.1, 0.15) is 17.3 Å². The van der Waals surface area contributed by atoms with Crippen LogP contribution in [0.3, 0.4) is 0 Å². The van der Waals surface area contributed by atoms with E-state index >= 15 is 0 Å². The van der Waals surface area contributed by atoms with E-state index in [-0.39, 0.29) is 35.8 Å². The van der Waals surface area contributed by atoms with Gasteiger partial charge in [-0.15, -0.1) is 13.2 Å². The largest absolute Gasteiger partial charge is 0.573 e. The summed E-state index contributed by atoms with van der Waals surface area (Å²) in [5.41, 5.74) is 9.98. The van der Waals surface area contributed by atoms with Crippen molar-refractivity contribution in [3.63, 3.8) is 0 Å². The summed E-state index contributed by atoms with van der Waals surface area (Å²) in [5, 5.41) is 9.88. The van der Waals surface area contributed by atoms with E-state index in [1.165, 1.54) is 29.3 Å². The number of carbonyl (C=O) groups is 1. The Kier molecular flexibility index (Phi) is 7.40. The van der Waals surface area contributed by atoms with Crippen LogP contribution in [-0.2, 0) is 4.79 Å². The van der Waals surface area contributed by atoms with Gasteiger partial charge in [0.2, 0.25) is 6.41 Å². The number of carbonyl (C=O) groups excluding carboxylic acids is 1. The lowest BCUT2D eigenvalue weighted by atomic mass is 9.99. The van der Waals surface area contributed by atoms with Gasteiger partial charge in [0.1, 0.15) is 23.4 Å². The van der Waals surface area contributed by atoms with Crippen molar-refractivity contribution in [3.05, 3.63) is 83.2 Å². The van der Waals surface area contributed by atoms with Crippen molar-refractivity contribution in [1.29, 1.82) is 0 Å². The molecule has 0 unspecified atom stereocenters. The Morgan fingerprint density at radius 1 is 1.23 bits per heavy atom. The minimum atomic E-state index is -5.06. The number of rotatable bonds is 4. The summed E-state index contributed by atoms with van der Waals surface area (Å²) in [7, 11) is 0. The molecule has 5 N–H and O–H groups in total. The second-order valence-electron chi connectivity index (χ2n) is 5.97. The molecule has 0 radical (unpaired) electrons. The molecule has 1 aliphatic heterocycles. The van der Waals surface area contributed by atoms with E-state index in [0.717, 1.165) is 24.3 Å². The Morgan fingerprint density at radius 3 is 2.48 bits per heavy atom. The maximum atomic E-state index is 14.4. The van der Waals surface area contributed by atoms with Crippen molar-refractivity contribution < 1.29 is 36.6 Å². The number of benzene rings is 1. The number of hydrogen-bond acceptors (Lipinski definition) is 6. The van der Waals surface area contributed by atoms with Gasteiger partial charge in [0.05, 0.1) is 0 Å². The molecule has 0 spiro atoms. The lowest BCUT2D eigenvalue weighted by Gasteiger charge is -2.34. The molecule has 0 bridgehead atoms. The number of hydrogen-bond donors (Lipinski definition) is 3. The fourth-order valence-electron chi connectivity index (χ4n) is 2.83. The van der Waals surface area contributed by atoms with Gasteiger partial charge in [-0.1, -0.05) is 12.1 Å². The van der Waals surface area contributed by atoms with Gasteiger partial charge in [-0.25, -0.2) is 8.78 Å². The quantitative estimate of drug-likeness (QED) is 0.494. The van der Waals surface area contributed by atoms with Gasteiger partial charge in [-0.05, 0) is 35.9 Å². The van der Waals surface area contributed by atoms with Gasteiger partial charge >= 0.3 is 6.36 Å². The molecular formula is C19H17F5N4O3. The molecule has 166 valence electrons. The Labute approximate surface area is 173 Å². The standard InChI is InChI=1S/C18H14F5N3O2.CH3NO/c19-11-3-1-7-25-15(11)16(26-8-2-4-13(27)17(26)24)10-5-6-14(12(20)9-10)28-18(21,22)23;2-1-3/h1-7,9,16,27H,8,24H2;1H,(H2,2,3)/t16-;/m0./s1. The smallest absolute Gasteiger partial charge is 0.504 e. The summed E-state index contributed by atoms with van der Waals surface area (Å²) in [4.78, 5) is 13.9. The minimum Gasteiger partial charge on any atom is -0.504 e. The Bertz CT molecular complexity index is 995. The Hall–Kier alpha value is -3.83. The topological polar surface area (TPSA) is 115 Å². The molecule has 0 saturated carbocycles. The highest BCUT2D eigenvalue weighted by molar-refractivity contribution is 5.42. The number of nitrogens with zero attached hydrogens (tertiary/aromatic N) is 2. The van der Waals surface area contributed by atoms with Gasteiger partial charge in [0.15, 0.2) is 17.3 Å². The third-order valence-corrected chi connectivity index (χ3v) is 4.00. The van der Waals surface area contributed by atoms with Gasteiger partial charge in [-0.2, -0.15) is 0 Å². The number of amides is 1. The number of nitrogens with two attached hydrogens (primary N) is 2. The highest BCUT2D eigenvalue weighted by atomic mass is 19.4. The van der Waals surface area contributed by atoms with E-state index in [1.807, 2.05) is 0 Å². The molecule has 7 nitrogen and oxygen atoms in total. The molecule has 1 aliphatic rings. The van der Waals surface area contributed by atoms with Crippen LogP contribution in [0.15, 0.2) is 60.3 Å². The van der Waals surface area contributed by atoms with Crippen LogP contribution in [0.5, 0.6) is 5.75 Å².